The van der Waals surface area contributed by atoms with E-state index in [0.29, 0.717) is 16.7 Å². The average molecular weight is 282 g/mol. The van der Waals surface area contributed by atoms with Gasteiger partial charge in [0, 0.05) is 10.4 Å². The standard InChI is InChI=1S/C12H12ClN3OS/c13-10-4-2-1-3-8(10)5-11(17)15-6-9-7-18-12(14)16-9/h1-4,7H,5-6H2,(H2,14,16)(H,15,17). The first-order chi connectivity index (χ1) is 8.65. The van der Waals surface area contributed by atoms with Crippen molar-refractivity contribution in [1.29, 1.82) is 0 Å². The first kappa shape index (κ1) is 12.9. The zero-order valence-corrected chi connectivity index (χ0v) is 11.1. The van der Waals surface area contributed by atoms with E-state index in [1.165, 1.54) is 11.3 Å². The molecule has 6 heteroatoms. The van der Waals surface area contributed by atoms with Crippen molar-refractivity contribution in [3.63, 3.8) is 0 Å². The van der Waals surface area contributed by atoms with Gasteiger partial charge in [-0.2, -0.15) is 0 Å². The van der Waals surface area contributed by atoms with Crippen LogP contribution in [0.25, 0.3) is 0 Å². The van der Waals surface area contributed by atoms with Crippen molar-refractivity contribution in [2.75, 3.05) is 5.73 Å². The maximum Gasteiger partial charge on any atom is 0.224 e. The highest BCUT2D eigenvalue weighted by molar-refractivity contribution is 7.13. The van der Waals surface area contributed by atoms with E-state index < -0.39 is 0 Å². The molecular formula is C12H12ClN3OS. The van der Waals surface area contributed by atoms with Crippen LogP contribution >= 0.6 is 22.9 Å². The molecule has 0 spiro atoms. The van der Waals surface area contributed by atoms with Crippen molar-refractivity contribution in [3.8, 4) is 0 Å². The van der Waals surface area contributed by atoms with Gasteiger partial charge in [0.15, 0.2) is 5.13 Å². The molecule has 94 valence electrons. The Balaban J connectivity index is 1.88. The number of nitrogens with one attached hydrogen (secondary N) is 1. The van der Waals surface area contributed by atoms with Crippen LogP contribution < -0.4 is 11.1 Å². The van der Waals surface area contributed by atoms with E-state index in [9.17, 15) is 4.79 Å². The summed E-state index contributed by atoms with van der Waals surface area (Å²) < 4.78 is 0. The van der Waals surface area contributed by atoms with Gasteiger partial charge in [0.1, 0.15) is 0 Å². The number of carbonyl (C=O) groups is 1. The summed E-state index contributed by atoms with van der Waals surface area (Å²) in [6, 6.07) is 7.30. The van der Waals surface area contributed by atoms with Gasteiger partial charge in [-0.25, -0.2) is 4.98 Å². The number of thiazole rings is 1. The fourth-order valence-electron chi connectivity index (χ4n) is 1.47. The molecular weight excluding hydrogens is 270 g/mol. The molecule has 18 heavy (non-hydrogen) atoms. The number of rotatable bonds is 4. The smallest absolute Gasteiger partial charge is 0.224 e. The summed E-state index contributed by atoms with van der Waals surface area (Å²) in [5, 5.41) is 5.71. The second-order valence-electron chi connectivity index (χ2n) is 3.72. The summed E-state index contributed by atoms with van der Waals surface area (Å²) in [5.41, 5.74) is 7.09. The number of benzene rings is 1. The average Bonchev–Trinajstić information content (AvgIpc) is 2.76. The topological polar surface area (TPSA) is 68.0 Å². The van der Waals surface area contributed by atoms with E-state index in [0.717, 1.165) is 11.3 Å². The van der Waals surface area contributed by atoms with Crippen LogP contribution in [0.1, 0.15) is 11.3 Å². The summed E-state index contributed by atoms with van der Waals surface area (Å²) in [4.78, 5) is 15.8. The minimum atomic E-state index is -0.0883. The van der Waals surface area contributed by atoms with Crippen molar-refractivity contribution >= 4 is 34.0 Å². The van der Waals surface area contributed by atoms with Crippen LogP contribution in [-0.4, -0.2) is 10.9 Å². The van der Waals surface area contributed by atoms with Gasteiger partial charge >= 0.3 is 0 Å². The Labute approximate surface area is 114 Å². The molecule has 1 heterocycles. The van der Waals surface area contributed by atoms with Crippen LogP contribution in [0.2, 0.25) is 5.02 Å². The van der Waals surface area contributed by atoms with E-state index in [1.807, 2.05) is 23.6 Å². The maximum atomic E-state index is 11.7. The molecule has 1 amide bonds. The zero-order valence-electron chi connectivity index (χ0n) is 9.52. The van der Waals surface area contributed by atoms with Crippen LogP contribution in [-0.2, 0) is 17.8 Å². The Morgan fingerprint density at radius 1 is 1.44 bits per heavy atom. The molecule has 3 N–H and O–H groups in total. The molecule has 0 aliphatic heterocycles. The van der Waals surface area contributed by atoms with Crippen LogP contribution in [0.4, 0.5) is 5.13 Å². The molecule has 0 saturated carbocycles. The number of aromatic nitrogens is 1. The van der Waals surface area contributed by atoms with Crippen molar-refractivity contribution in [3.05, 3.63) is 45.9 Å². The van der Waals surface area contributed by atoms with Crippen molar-refractivity contribution in [2.24, 2.45) is 0 Å². The minimum Gasteiger partial charge on any atom is -0.375 e. The van der Waals surface area contributed by atoms with Crippen LogP contribution in [0.15, 0.2) is 29.6 Å². The van der Waals surface area contributed by atoms with Gasteiger partial charge in [-0.15, -0.1) is 11.3 Å². The van der Waals surface area contributed by atoms with Gasteiger partial charge in [0.05, 0.1) is 18.7 Å². The third-order valence-electron chi connectivity index (χ3n) is 2.35. The Kier molecular flexibility index (Phi) is 4.17. The summed E-state index contributed by atoms with van der Waals surface area (Å²) in [6.45, 7) is 0.386. The molecule has 0 atom stereocenters. The molecule has 0 fully saturated rings. The molecule has 4 nitrogen and oxygen atoms in total. The highest BCUT2D eigenvalue weighted by atomic mass is 35.5. The van der Waals surface area contributed by atoms with E-state index in [1.54, 1.807) is 6.07 Å². The van der Waals surface area contributed by atoms with Crippen molar-refractivity contribution in [1.82, 2.24) is 10.3 Å². The molecule has 0 radical (unpaired) electrons. The second kappa shape index (κ2) is 5.84. The molecule has 2 rings (SSSR count). The van der Waals surface area contributed by atoms with Gasteiger partial charge in [-0.3, -0.25) is 4.79 Å². The van der Waals surface area contributed by atoms with Gasteiger partial charge in [0.25, 0.3) is 0 Å². The Morgan fingerprint density at radius 2 is 2.22 bits per heavy atom. The summed E-state index contributed by atoms with van der Waals surface area (Å²) >= 11 is 7.34. The minimum absolute atomic E-state index is 0.0883. The predicted octanol–water partition coefficient (Wildman–Crippen LogP) is 2.24. The molecule has 2 aromatic rings. The zero-order chi connectivity index (χ0) is 13.0. The van der Waals surface area contributed by atoms with Crippen LogP contribution in [0.3, 0.4) is 0 Å². The third-order valence-corrected chi connectivity index (χ3v) is 3.44. The number of nitrogens with zero attached hydrogens (tertiary/aromatic N) is 1. The van der Waals surface area contributed by atoms with E-state index in [4.69, 9.17) is 17.3 Å². The lowest BCUT2D eigenvalue weighted by molar-refractivity contribution is -0.120. The van der Waals surface area contributed by atoms with E-state index in [-0.39, 0.29) is 12.3 Å². The van der Waals surface area contributed by atoms with E-state index in [2.05, 4.69) is 10.3 Å². The number of nitrogen functional groups attached to an aromatic ring is 1. The molecule has 0 saturated heterocycles. The molecule has 0 aliphatic carbocycles. The third kappa shape index (κ3) is 3.45. The monoisotopic (exact) mass is 281 g/mol. The van der Waals surface area contributed by atoms with Crippen LogP contribution in [0, 0.1) is 0 Å². The highest BCUT2D eigenvalue weighted by Crippen LogP contribution is 2.15. The summed E-state index contributed by atoms with van der Waals surface area (Å²) in [7, 11) is 0. The van der Waals surface area contributed by atoms with E-state index >= 15 is 0 Å². The SMILES string of the molecule is Nc1nc(CNC(=O)Cc2ccccc2Cl)cs1. The molecule has 0 unspecified atom stereocenters. The number of hydrogen-bond donors (Lipinski definition) is 2. The fourth-order valence-corrected chi connectivity index (χ4v) is 2.24. The second-order valence-corrected chi connectivity index (χ2v) is 5.02. The van der Waals surface area contributed by atoms with Crippen LogP contribution in [0.5, 0.6) is 0 Å². The lowest BCUT2D eigenvalue weighted by Crippen LogP contribution is -2.24. The molecule has 1 aromatic carbocycles. The molecule has 0 aliphatic rings. The predicted molar refractivity (Wildman–Crippen MR) is 73.5 cm³/mol. The Morgan fingerprint density at radius 3 is 2.89 bits per heavy atom. The summed E-state index contributed by atoms with van der Waals surface area (Å²) in [5.74, 6) is -0.0883. The molecule has 0 bridgehead atoms. The first-order valence-corrected chi connectivity index (χ1v) is 6.61. The van der Waals surface area contributed by atoms with Gasteiger partial charge in [0.2, 0.25) is 5.91 Å². The van der Waals surface area contributed by atoms with Gasteiger partial charge in [-0.05, 0) is 11.6 Å². The Bertz CT molecular complexity index is 556. The summed E-state index contributed by atoms with van der Waals surface area (Å²) in [6.07, 6.45) is 0.263. The number of amides is 1. The van der Waals surface area contributed by atoms with Gasteiger partial charge < -0.3 is 11.1 Å². The number of anilines is 1. The van der Waals surface area contributed by atoms with Crippen molar-refractivity contribution in [2.45, 2.75) is 13.0 Å². The highest BCUT2D eigenvalue weighted by Gasteiger charge is 2.07. The number of carbonyl (C=O) groups excluding carboxylic acids is 1. The number of hydrogen-bond acceptors (Lipinski definition) is 4. The maximum absolute atomic E-state index is 11.7. The first-order valence-electron chi connectivity index (χ1n) is 5.35. The quantitative estimate of drug-likeness (QED) is 0.903. The largest absolute Gasteiger partial charge is 0.375 e. The molecule has 1 aromatic heterocycles. The number of nitrogens with two attached hydrogens (primary N) is 1. The normalized spacial score (nSPS) is 10.3. The van der Waals surface area contributed by atoms with Gasteiger partial charge in [-0.1, -0.05) is 29.8 Å². The lowest BCUT2D eigenvalue weighted by atomic mass is 10.1. The number of halogens is 1. The fraction of sp³-hybridized carbons (Fsp3) is 0.167. The van der Waals surface area contributed by atoms with Crippen molar-refractivity contribution < 1.29 is 4.79 Å². The lowest BCUT2D eigenvalue weighted by Gasteiger charge is -2.05. The Hall–Kier alpha value is -1.59.